The van der Waals surface area contributed by atoms with Gasteiger partial charge in [-0.3, -0.25) is 9.79 Å². The summed E-state index contributed by atoms with van der Waals surface area (Å²) in [6, 6.07) is 7.79. The first-order chi connectivity index (χ1) is 13.9. The number of hydrogen-bond acceptors (Lipinski definition) is 4. The summed E-state index contributed by atoms with van der Waals surface area (Å²) in [4.78, 5) is 20.6. The van der Waals surface area contributed by atoms with Crippen molar-refractivity contribution in [1.29, 1.82) is 0 Å². The number of guanidine groups is 1. The Kier molecular flexibility index (Phi) is 15.6. The molecule has 0 spiro atoms. The van der Waals surface area contributed by atoms with Gasteiger partial charge in [0.2, 0.25) is 0 Å². The van der Waals surface area contributed by atoms with E-state index in [4.69, 9.17) is 9.73 Å². The fourth-order valence-electron chi connectivity index (χ4n) is 2.84. The monoisotopic (exact) mass is 533 g/mol. The van der Waals surface area contributed by atoms with Crippen molar-refractivity contribution in [3.05, 3.63) is 35.4 Å². The van der Waals surface area contributed by atoms with Crippen molar-refractivity contribution in [3.63, 3.8) is 0 Å². The minimum absolute atomic E-state index is 0. The van der Waals surface area contributed by atoms with Crippen molar-refractivity contribution in [2.75, 3.05) is 61.0 Å². The molecule has 1 rings (SSSR count). The molecule has 0 bridgehead atoms. The van der Waals surface area contributed by atoms with E-state index >= 15 is 0 Å². The molecular formula is C22H40IN5O2. The van der Waals surface area contributed by atoms with Crippen molar-refractivity contribution in [1.82, 2.24) is 20.4 Å². The van der Waals surface area contributed by atoms with Crippen molar-refractivity contribution in [2.45, 2.75) is 32.8 Å². The molecular weight excluding hydrogens is 493 g/mol. The Bertz CT molecular complexity index is 638. The number of carbonyl (C=O) groups excluding carboxylic acids is 1. The highest BCUT2D eigenvalue weighted by Gasteiger charge is 2.10. The smallest absolute Gasteiger partial charge is 0.253 e. The second kappa shape index (κ2) is 16.3. The zero-order valence-electron chi connectivity index (χ0n) is 19.4. The summed E-state index contributed by atoms with van der Waals surface area (Å²) in [5.41, 5.74) is 1.84. The van der Waals surface area contributed by atoms with E-state index in [-0.39, 0.29) is 36.0 Å². The number of halogens is 1. The van der Waals surface area contributed by atoms with Gasteiger partial charge in [-0.05, 0) is 58.5 Å². The molecule has 1 aromatic carbocycles. The number of ether oxygens (including phenoxy) is 1. The van der Waals surface area contributed by atoms with Gasteiger partial charge in [0.05, 0.1) is 12.6 Å². The largest absolute Gasteiger partial charge is 0.377 e. The molecule has 30 heavy (non-hydrogen) atoms. The zero-order chi connectivity index (χ0) is 21.6. The Morgan fingerprint density at radius 3 is 2.50 bits per heavy atom. The number of hydrogen-bond donors (Lipinski definition) is 2. The van der Waals surface area contributed by atoms with Crippen molar-refractivity contribution >= 4 is 35.8 Å². The fourth-order valence-corrected chi connectivity index (χ4v) is 2.84. The Labute approximate surface area is 199 Å². The van der Waals surface area contributed by atoms with Gasteiger partial charge >= 0.3 is 0 Å². The maximum atomic E-state index is 12.1. The molecule has 0 saturated heterocycles. The number of benzene rings is 1. The molecule has 0 fully saturated rings. The van der Waals surface area contributed by atoms with Crippen LogP contribution in [0.15, 0.2) is 29.3 Å². The van der Waals surface area contributed by atoms with Crippen LogP contribution in [-0.4, -0.2) is 88.7 Å². The molecule has 8 heteroatoms. The number of rotatable bonds is 12. The maximum Gasteiger partial charge on any atom is 0.253 e. The van der Waals surface area contributed by atoms with Gasteiger partial charge in [0.25, 0.3) is 5.91 Å². The summed E-state index contributed by atoms with van der Waals surface area (Å²) < 4.78 is 5.82. The van der Waals surface area contributed by atoms with Crippen molar-refractivity contribution in [3.8, 4) is 0 Å². The Morgan fingerprint density at radius 2 is 1.90 bits per heavy atom. The molecule has 1 atom stereocenters. The Hall–Kier alpha value is -1.39. The first-order valence-electron chi connectivity index (χ1n) is 10.5. The molecule has 7 nitrogen and oxygen atoms in total. The summed E-state index contributed by atoms with van der Waals surface area (Å²) in [5.74, 6) is 0.817. The van der Waals surface area contributed by atoms with Gasteiger partial charge in [-0.1, -0.05) is 12.1 Å². The van der Waals surface area contributed by atoms with E-state index in [0.717, 1.165) is 44.0 Å². The van der Waals surface area contributed by atoms with Gasteiger partial charge in [-0.15, -0.1) is 24.0 Å². The van der Waals surface area contributed by atoms with Gasteiger partial charge < -0.3 is 25.2 Å². The lowest BCUT2D eigenvalue weighted by atomic mass is 10.1. The topological polar surface area (TPSA) is 69.2 Å². The lowest BCUT2D eigenvalue weighted by Gasteiger charge is -2.19. The lowest BCUT2D eigenvalue weighted by molar-refractivity contribution is 0.0582. The highest BCUT2D eigenvalue weighted by Crippen LogP contribution is 2.08. The molecule has 2 N–H and O–H groups in total. The summed E-state index contributed by atoms with van der Waals surface area (Å²) in [5, 5.41) is 6.67. The highest BCUT2D eigenvalue weighted by atomic mass is 127. The van der Waals surface area contributed by atoms with Crippen molar-refractivity contribution < 1.29 is 9.53 Å². The third kappa shape index (κ3) is 11.7. The number of carbonyl (C=O) groups is 1. The van der Waals surface area contributed by atoms with Crippen LogP contribution in [0.2, 0.25) is 0 Å². The summed E-state index contributed by atoms with van der Waals surface area (Å²) >= 11 is 0. The number of nitrogens with one attached hydrogen (secondary N) is 2. The van der Waals surface area contributed by atoms with Crippen LogP contribution in [0.5, 0.6) is 0 Å². The molecule has 172 valence electrons. The van der Waals surface area contributed by atoms with Crippen LogP contribution in [-0.2, 0) is 11.2 Å². The summed E-state index contributed by atoms with van der Waals surface area (Å²) in [6.07, 6.45) is 1.89. The third-order valence-electron chi connectivity index (χ3n) is 4.38. The summed E-state index contributed by atoms with van der Waals surface area (Å²) in [7, 11) is 7.67. The van der Waals surface area contributed by atoms with Crippen LogP contribution in [0.1, 0.15) is 36.2 Å². The van der Waals surface area contributed by atoms with Crippen molar-refractivity contribution in [2.24, 2.45) is 4.99 Å². The number of aliphatic imine (C=N–C) groups is 1. The molecule has 0 aliphatic rings. The van der Waals surface area contributed by atoms with Gasteiger partial charge in [0, 0.05) is 45.9 Å². The van der Waals surface area contributed by atoms with E-state index in [1.165, 1.54) is 0 Å². The molecule has 0 aliphatic heterocycles. The van der Waals surface area contributed by atoms with Crippen LogP contribution >= 0.6 is 24.0 Å². The van der Waals surface area contributed by atoms with E-state index < -0.39 is 0 Å². The second-order valence-corrected chi connectivity index (χ2v) is 7.47. The number of nitrogens with zero attached hydrogens (tertiary/aromatic N) is 3. The number of amides is 1. The van der Waals surface area contributed by atoms with Gasteiger partial charge in [-0.25, -0.2) is 0 Å². The molecule has 1 unspecified atom stereocenters. The third-order valence-corrected chi connectivity index (χ3v) is 4.38. The van der Waals surface area contributed by atoms with Crippen LogP contribution in [0.3, 0.4) is 0 Å². The minimum atomic E-state index is 0. The lowest BCUT2D eigenvalue weighted by Crippen LogP contribution is -2.39. The van der Waals surface area contributed by atoms with Gasteiger partial charge in [0.1, 0.15) is 0 Å². The average molecular weight is 533 g/mol. The molecule has 1 aromatic rings. The van der Waals surface area contributed by atoms with Crippen LogP contribution in [0, 0.1) is 0 Å². The Balaban J connectivity index is 0.00000841. The standard InChI is InChI=1S/C22H39N5O2.HI/c1-7-23-22(25-17-20(29-8-2)13-15-26(3)4)24-14-12-18-10-9-11-19(16-18)21(28)27(5)6;/h9-11,16,20H,7-8,12-15,17H2,1-6H3,(H2,23,24,25);1H. The maximum absolute atomic E-state index is 12.1. The molecule has 1 amide bonds. The predicted octanol–water partition coefficient (Wildman–Crippen LogP) is 2.46. The first-order valence-corrected chi connectivity index (χ1v) is 10.5. The van der Waals surface area contributed by atoms with E-state index in [1.807, 2.05) is 31.2 Å². The van der Waals surface area contributed by atoms with Gasteiger partial charge in [-0.2, -0.15) is 0 Å². The first kappa shape index (κ1) is 28.6. The van der Waals surface area contributed by atoms with Crippen LogP contribution in [0.25, 0.3) is 0 Å². The molecule has 0 heterocycles. The fraction of sp³-hybridized carbons (Fsp3) is 0.636. The Morgan fingerprint density at radius 1 is 1.17 bits per heavy atom. The SMILES string of the molecule is CCNC(=NCC(CCN(C)C)OCC)NCCc1cccc(C(=O)N(C)C)c1.I. The second-order valence-electron chi connectivity index (χ2n) is 7.47. The van der Waals surface area contributed by atoms with Gasteiger partial charge in [0.15, 0.2) is 5.96 Å². The highest BCUT2D eigenvalue weighted by molar-refractivity contribution is 14.0. The minimum Gasteiger partial charge on any atom is -0.377 e. The normalized spacial score (nSPS) is 12.3. The van der Waals surface area contributed by atoms with E-state index in [1.54, 1.807) is 19.0 Å². The quantitative estimate of drug-likeness (QED) is 0.246. The molecule has 0 saturated carbocycles. The molecule has 0 radical (unpaired) electrons. The van der Waals surface area contributed by atoms with Crippen LogP contribution < -0.4 is 10.6 Å². The van der Waals surface area contributed by atoms with Crippen LogP contribution in [0.4, 0.5) is 0 Å². The predicted molar refractivity (Wildman–Crippen MR) is 136 cm³/mol. The molecule has 0 aromatic heterocycles. The zero-order valence-corrected chi connectivity index (χ0v) is 21.7. The van der Waals surface area contributed by atoms with E-state index in [2.05, 4.69) is 36.6 Å². The molecule has 0 aliphatic carbocycles. The van der Waals surface area contributed by atoms with E-state index in [0.29, 0.717) is 18.7 Å². The average Bonchev–Trinajstić information content (AvgIpc) is 2.69. The van der Waals surface area contributed by atoms with E-state index in [9.17, 15) is 4.79 Å². The summed E-state index contributed by atoms with van der Waals surface area (Å²) in [6.45, 7) is 7.91.